The number of hydrogen-bond donors (Lipinski definition) is 0. The van der Waals surface area contributed by atoms with Crippen LogP contribution in [0.25, 0.3) is 21.5 Å². The van der Waals surface area contributed by atoms with Crippen molar-refractivity contribution in [1.82, 2.24) is 0 Å². The van der Waals surface area contributed by atoms with E-state index in [2.05, 4.69) is 74.8 Å². The summed E-state index contributed by atoms with van der Waals surface area (Å²) in [4.78, 5) is 0. The first-order valence-electron chi connectivity index (χ1n) is 9.12. The van der Waals surface area contributed by atoms with E-state index in [-0.39, 0.29) is 0 Å². The summed E-state index contributed by atoms with van der Waals surface area (Å²) in [5.41, 5.74) is 0.917. The molecule has 130 valence electrons. The zero-order valence-electron chi connectivity index (χ0n) is 15.3. The average Bonchev–Trinajstić information content (AvgIpc) is 2.68. The second-order valence-electron chi connectivity index (χ2n) is 6.89. The Bertz CT molecular complexity index is 891. The van der Waals surface area contributed by atoms with Crippen LogP contribution in [0.4, 0.5) is 0 Å². The van der Waals surface area contributed by atoms with Gasteiger partial charge in [0.15, 0.2) is 0 Å². The lowest BCUT2D eigenvalue weighted by Crippen LogP contribution is -2.17. The summed E-state index contributed by atoms with van der Waals surface area (Å²) in [6, 6.07) is 18.4. The molecule has 0 aromatic heterocycles. The highest BCUT2D eigenvalue weighted by molar-refractivity contribution is 6.57. The molecule has 0 bridgehead atoms. The molecule has 3 aromatic carbocycles. The molecule has 0 unspecified atom stereocenters. The predicted molar refractivity (Wildman–Crippen MR) is 126 cm³/mol. The van der Waals surface area contributed by atoms with Crippen molar-refractivity contribution < 1.29 is 0 Å². The first-order chi connectivity index (χ1) is 12.7. The van der Waals surface area contributed by atoms with E-state index in [4.69, 9.17) is 0 Å². The van der Waals surface area contributed by atoms with E-state index in [1.165, 1.54) is 31.9 Å². The predicted octanol–water partition coefficient (Wildman–Crippen LogP) is 3.90. The van der Waals surface area contributed by atoms with Crippen molar-refractivity contribution in [3.05, 3.63) is 99.2 Å². The molecule has 0 fully saturated rings. The van der Waals surface area contributed by atoms with Crippen LogP contribution in [-0.4, -0.2) is 19.0 Å². The first-order valence-corrected chi connectivity index (χ1v) is 12.2. The van der Waals surface area contributed by atoms with Crippen molar-refractivity contribution in [2.45, 2.75) is 11.1 Å². The molecule has 0 aliphatic carbocycles. The lowest BCUT2D eigenvalue weighted by atomic mass is 10.0. The maximum atomic E-state index is 3.93. The van der Waals surface area contributed by atoms with Crippen molar-refractivity contribution in [3.63, 3.8) is 0 Å². The van der Waals surface area contributed by atoms with Crippen LogP contribution in [0.5, 0.6) is 0 Å². The van der Waals surface area contributed by atoms with Crippen LogP contribution in [0.3, 0.4) is 0 Å². The molecule has 0 nitrogen and oxygen atoms in total. The number of allylic oxidation sites excluding steroid dienone is 4. The molecule has 0 amide bonds. The summed E-state index contributed by atoms with van der Waals surface area (Å²) in [6.07, 6.45) is 8.10. The zero-order valence-corrected chi connectivity index (χ0v) is 18.2. The Morgan fingerprint density at radius 1 is 0.538 bits per heavy atom. The molecule has 0 atom stereocenters. The molecule has 0 saturated carbocycles. The van der Waals surface area contributed by atoms with Gasteiger partial charge >= 0.3 is 0 Å². The minimum Gasteiger partial charge on any atom is -0.103 e. The van der Waals surface area contributed by atoms with Gasteiger partial charge in [-0.05, 0) is 44.8 Å². The normalized spacial score (nSPS) is 12.1. The third-order valence-electron chi connectivity index (χ3n) is 5.08. The topological polar surface area (TPSA) is 0 Å². The number of rotatable bonds is 8. The van der Waals surface area contributed by atoms with Gasteiger partial charge in [0.2, 0.25) is 0 Å². The third kappa shape index (κ3) is 4.03. The van der Waals surface area contributed by atoms with E-state index in [0.717, 1.165) is 0 Å². The monoisotopic (exact) mass is 370 g/mol. The Hall–Kier alpha value is -2.43. The summed E-state index contributed by atoms with van der Waals surface area (Å²) in [6.45, 7) is 15.7. The minimum atomic E-state index is -0.418. The molecular weight excluding hydrogens is 344 g/mol. The quantitative estimate of drug-likeness (QED) is 0.320. The molecule has 0 aliphatic rings. The van der Waals surface area contributed by atoms with Crippen molar-refractivity contribution >= 4 is 51.0 Å². The largest absolute Gasteiger partial charge is 0.103 e. The highest BCUT2D eigenvalue weighted by atomic mass is 28.2. The Morgan fingerprint density at radius 3 is 1.31 bits per heavy atom. The van der Waals surface area contributed by atoms with Gasteiger partial charge in [-0.3, -0.25) is 0 Å². The van der Waals surface area contributed by atoms with E-state index in [1.54, 1.807) is 0 Å². The van der Waals surface area contributed by atoms with E-state index in [9.17, 15) is 0 Å². The van der Waals surface area contributed by atoms with Gasteiger partial charge in [0.1, 0.15) is 0 Å². The van der Waals surface area contributed by atoms with Crippen molar-refractivity contribution in [2.24, 2.45) is 0 Å². The van der Waals surface area contributed by atoms with E-state index in [1.807, 2.05) is 24.3 Å². The van der Waals surface area contributed by atoms with Gasteiger partial charge < -0.3 is 0 Å². The zero-order chi connectivity index (χ0) is 18.5. The Labute approximate surface area is 161 Å². The highest BCUT2D eigenvalue weighted by Gasteiger charge is 2.06. The molecule has 0 saturated heterocycles. The maximum absolute atomic E-state index is 3.93. The molecule has 0 N–H and O–H groups in total. The van der Waals surface area contributed by atoms with Gasteiger partial charge in [0.05, 0.1) is 19.0 Å². The lowest BCUT2D eigenvalue weighted by Gasteiger charge is -2.10. The van der Waals surface area contributed by atoms with Gasteiger partial charge in [-0.25, -0.2) is 0 Å². The molecule has 26 heavy (non-hydrogen) atoms. The van der Waals surface area contributed by atoms with Gasteiger partial charge in [-0.15, -0.1) is 26.3 Å². The fraction of sp³-hybridized carbons (Fsp3) is 0.0833. The molecular formula is C24H26Si2. The van der Waals surface area contributed by atoms with Crippen LogP contribution in [-0.2, 0) is 0 Å². The smallest absolute Gasteiger partial charge is 0.0663 e. The van der Waals surface area contributed by atoms with Crippen LogP contribution >= 0.6 is 0 Å². The number of benzene rings is 3. The Kier molecular flexibility index (Phi) is 5.87. The van der Waals surface area contributed by atoms with Crippen LogP contribution < -0.4 is 10.4 Å². The van der Waals surface area contributed by atoms with Crippen molar-refractivity contribution in [3.8, 4) is 0 Å². The SMILES string of the molecule is C=CC(C=C)[SiH2]c1ccc2cc3ccc([SiH2]C(C=C)C=C)cc3cc2c1. The number of fused-ring (bicyclic) bond motifs is 2. The van der Waals surface area contributed by atoms with Crippen molar-refractivity contribution in [2.75, 3.05) is 0 Å². The van der Waals surface area contributed by atoms with Crippen LogP contribution in [0.15, 0.2) is 99.2 Å². The summed E-state index contributed by atoms with van der Waals surface area (Å²) in [7, 11) is -0.836. The second-order valence-corrected chi connectivity index (χ2v) is 11.2. The maximum Gasteiger partial charge on any atom is 0.0663 e. The highest BCUT2D eigenvalue weighted by Crippen LogP contribution is 2.22. The van der Waals surface area contributed by atoms with Crippen molar-refractivity contribution in [1.29, 1.82) is 0 Å². The van der Waals surface area contributed by atoms with E-state index >= 15 is 0 Å². The molecule has 3 rings (SSSR count). The standard InChI is InChI=1S/C24H26Si2/c1-5-21(6-2)25-23-11-9-17-13-18-10-12-24(26-22(7-3)8-4)16-20(18)14-19(17)15-23/h5-16,21-22H,1-4,25-26H2. The summed E-state index contributed by atoms with van der Waals surface area (Å²) in [5, 5.41) is 8.21. The fourth-order valence-electron chi connectivity index (χ4n) is 3.42. The van der Waals surface area contributed by atoms with Gasteiger partial charge in [-0.2, -0.15) is 0 Å². The lowest BCUT2D eigenvalue weighted by molar-refractivity contribution is 1.38. The minimum absolute atomic E-state index is 0.418. The second kappa shape index (κ2) is 8.30. The fourth-order valence-corrected chi connectivity index (χ4v) is 6.36. The van der Waals surface area contributed by atoms with Crippen LogP contribution in [0.2, 0.25) is 11.1 Å². The molecule has 3 aromatic rings. The van der Waals surface area contributed by atoms with E-state index < -0.39 is 19.0 Å². The van der Waals surface area contributed by atoms with Gasteiger partial charge in [0, 0.05) is 0 Å². The van der Waals surface area contributed by atoms with Crippen LogP contribution in [0.1, 0.15) is 0 Å². The molecule has 0 spiro atoms. The Morgan fingerprint density at radius 2 is 0.923 bits per heavy atom. The molecule has 2 heteroatoms. The Balaban J connectivity index is 1.99. The molecule has 0 heterocycles. The van der Waals surface area contributed by atoms with Crippen LogP contribution in [0, 0.1) is 0 Å². The molecule has 0 radical (unpaired) electrons. The third-order valence-corrected chi connectivity index (χ3v) is 9.18. The van der Waals surface area contributed by atoms with Gasteiger partial charge in [0.25, 0.3) is 0 Å². The summed E-state index contributed by atoms with van der Waals surface area (Å²) in [5.74, 6) is 0. The summed E-state index contributed by atoms with van der Waals surface area (Å²) >= 11 is 0. The number of hydrogen-bond acceptors (Lipinski definition) is 0. The first kappa shape index (κ1) is 18.4. The summed E-state index contributed by atoms with van der Waals surface area (Å²) < 4.78 is 0. The van der Waals surface area contributed by atoms with Gasteiger partial charge in [-0.1, -0.05) is 71.1 Å². The molecule has 0 aliphatic heterocycles. The van der Waals surface area contributed by atoms with E-state index in [0.29, 0.717) is 11.1 Å². The average molecular weight is 371 g/mol.